The van der Waals surface area contributed by atoms with Crippen molar-refractivity contribution in [1.29, 1.82) is 0 Å². The van der Waals surface area contributed by atoms with E-state index < -0.39 is 0 Å². The maximum absolute atomic E-state index is 13.6. The molecule has 4 heterocycles. The number of aromatic nitrogens is 5. The number of rotatable bonds is 3. The van der Waals surface area contributed by atoms with E-state index in [-0.39, 0.29) is 11.2 Å². The Balaban J connectivity index is 1.46. The lowest BCUT2D eigenvalue weighted by atomic mass is 9.70. The van der Waals surface area contributed by atoms with Crippen molar-refractivity contribution in [3.05, 3.63) is 60.6 Å². The van der Waals surface area contributed by atoms with Gasteiger partial charge in [-0.2, -0.15) is 5.10 Å². The van der Waals surface area contributed by atoms with Gasteiger partial charge in [0.1, 0.15) is 18.0 Å². The summed E-state index contributed by atoms with van der Waals surface area (Å²) in [6.45, 7) is 1.22. The van der Waals surface area contributed by atoms with Crippen LogP contribution in [0.15, 0.2) is 48.9 Å². The lowest BCUT2D eigenvalue weighted by molar-refractivity contribution is 0.107. The first kappa shape index (κ1) is 18.7. The Hall–Kier alpha value is -3.06. The third kappa shape index (κ3) is 3.07. The number of nitrogens with zero attached hydrogens (tertiary/aromatic N) is 5. The summed E-state index contributed by atoms with van der Waals surface area (Å²) in [6.07, 6.45) is 8.89. The molecule has 1 fully saturated rings. The molecule has 0 atom stereocenters. The Kier molecular flexibility index (Phi) is 4.21. The number of aliphatic hydroxyl groups excluding tert-OH is 1. The van der Waals surface area contributed by atoms with E-state index in [1.807, 2.05) is 12.3 Å². The van der Waals surface area contributed by atoms with Gasteiger partial charge in [0, 0.05) is 36.9 Å². The van der Waals surface area contributed by atoms with Crippen LogP contribution in [0.5, 0.6) is 0 Å². The number of imidazole rings is 1. The number of fused-ring (bicyclic) bond motifs is 2. The SMILES string of the molecule is OCC1CCC2(CC1)Cc1nc(-c3ccc(F)cc3)c(-c3ccc4ncnn4c3)n1C2. The van der Waals surface area contributed by atoms with Crippen molar-refractivity contribution >= 4 is 5.65 Å². The summed E-state index contributed by atoms with van der Waals surface area (Å²) >= 11 is 0. The predicted octanol–water partition coefficient (Wildman–Crippen LogP) is 4.12. The molecule has 1 aliphatic carbocycles. The number of pyridine rings is 1. The van der Waals surface area contributed by atoms with E-state index in [2.05, 4.69) is 20.7 Å². The fourth-order valence-corrected chi connectivity index (χ4v) is 5.40. The highest BCUT2D eigenvalue weighted by molar-refractivity contribution is 5.79. The van der Waals surface area contributed by atoms with E-state index in [1.54, 1.807) is 23.0 Å². The van der Waals surface area contributed by atoms with E-state index in [4.69, 9.17) is 4.98 Å². The Bertz CT molecular complexity index is 1250. The van der Waals surface area contributed by atoms with Crippen molar-refractivity contribution in [3.8, 4) is 22.5 Å². The Morgan fingerprint density at radius 2 is 1.84 bits per heavy atom. The van der Waals surface area contributed by atoms with E-state index >= 15 is 0 Å². The van der Waals surface area contributed by atoms with Gasteiger partial charge in [-0.25, -0.2) is 18.9 Å². The molecule has 4 aromatic rings. The van der Waals surface area contributed by atoms with Gasteiger partial charge >= 0.3 is 0 Å². The molecule has 7 heteroatoms. The predicted molar refractivity (Wildman–Crippen MR) is 115 cm³/mol. The van der Waals surface area contributed by atoms with Crippen molar-refractivity contribution in [2.45, 2.75) is 38.6 Å². The molecule has 0 radical (unpaired) electrons. The summed E-state index contributed by atoms with van der Waals surface area (Å²) in [5, 5.41) is 13.8. The molecule has 2 aliphatic rings. The van der Waals surface area contributed by atoms with Gasteiger partial charge in [-0.05, 0) is 73.4 Å². The Morgan fingerprint density at radius 3 is 2.61 bits per heavy atom. The van der Waals surface area contributed by atoms with Crippen molar-refractivity contribution in [2.75, 3.05) is 6.61 Å². The lowest BCUT2D eigenvalue weighted by Crippen LogP contribution is -2.30. The van der Waals surface area contributed by atoms with Crippen molar-refractivity contribution < 1.29 is 9.50 Å². The zero-order chi connectivity index (χ0) is 21.0. The monoisotopic (exact) mass is 417 g/mol. The van der Waals surface area contributed by atoms with Crippen LogP contribution in [0, 0.1) is 17.2 Å². The zero-order valence-corrected chi connectivity index (χ0v) is 17.2. The standard InChI is InChI=1S/C24H24FN5O/c25-19-4-1-17(2-5-19)22-23(18-3-6-20-26-15-27-30(20)12-18)29-14-24(11-21(29)28-22)9-7-16(13-31)8-10-24/h1-6,12,15-16,31H,7-11,13-14H2. The van der Waals surface area contributed by atoms with Crippen LogP contribution < -0.4 is 0 Å². The van der Waals surface area contributed by atoms with Crippen LogP contribution in [0.1, 0.15) is 31.5 Å². The second-order valence-electron chi connectivity index (χ2n) is 9.10. The number of benzene rings is 1. The molecule has 0 unspecified atom stereocenters. The topological polar surface area (TPSA) is 68.2 Å². The van der Waals surface area contributed by atoms with Gasteiger partial charge in [-0.1, -0.05) is 0 Å². The summed E-state index contributed by atoms with van der Waals surface area (Å²) < 4.78 is 17.7. The molecule has 31 heavy (non-hydrogen) atoms. The minimum Gasteiger partial charge on any atom is -0.396 e. The lowest BCUT2D eigenvalue weighted by Gasteiger charge is -2.36. The van der Waals surface area contributed by atoms with Gasteiger partial charge in [0.25, 0.3) is 0 Å². The minimum absolute atomic E-state index is 0.224. The van der Waals surface area contributed by atoms with Gasteiger partial charge < -0.3 is 9.67 Å². The summed E-state index contributed by atoms with van der Waals surface area (Å²) in [5.74, 6) is 1.28. The van der Waals surface area contributed by atoms with E-state index in [1.165, 1.54) is 12.1 Å². The van der Waals surface area contributed by atoms with Crippen LogP contribution >= 0.6 is 0 Å². The van der Waals surface area contributed by atoms with Gasteiger partial charge in [-0.3, -0.25) is 0 Å². The van der Waals surface area contributed by atoms with E-state index in [0.717, 1.165) is 72.6 Å². The summed E-state index contributed by atoms with van der Waals surface area (Å²) in [7, 11) is 0. The maximum atomic E-state index is 13.6. The Labute approximate surface area is 179 Å². The molecule has 6 rings (SSSR count). The second kappa shape index (κ2) is 6.99. The Morgan fingerprint density at radius 1 is 1.06 bits per heavy atom. The van der Waals surface area contributed by atoms with E-state index in [0.29, 0.717) is 12.5 Å². The van der Waals surface area contributed by atoms with Crippen LogP contribution in [0.3, 0.4) is 0 Å². The average molecular weight is 417 g/mol. The molecule has 1 aromatic carbocycles. The van der Waals surface area contributed by atoms with Crippen LogP contribution in [0.4, 0.5) is 4.39 Å². The first-order chi connectivity index (χ1) is 15.1. The summed E-state index contributed by atoms with van der Waals surface area (Å²) in [5.41, 5.74) is 4.90. The molecular formula is C24H24FN5O. The summed E-state index contributed by atoms with van der Waals surface area (Å²) in [4.78, 5) is 9.32. The summed E-state index contributed by atoms with van der Waals surface area (Å²) in [6, 6.07) is 10.6. The molecule has 1 saturated carbocycles. The number of halogens is 1. The van der Waals surface area contributed by atoms with Crippen molar-refractivity contribution in [1.82, 2.24) is 24.1 Å². The second-order valence-corrected chi connectivity index (χ2v) is 9.10. The fourth-order valence-electron chi connectivity index (χ4n) is 5.40. The van der Waals surface area contributed by atoms with Crippen molar-refractivity contribution in [3.63, 3.8) is 0 Å². The van der Waals surface area contributed by atoms with Crippen molar-refractivity contribution in [2.24, 2.45) is 11.3 Å². The zero-order valence-electron chi connectivity index (χ0n) is 17.2. The molecule has 0 bridgehead atoms. The smallest absolute Gasteiger partial charge is 0.155 e. The molecule has 6 nitrogen and oxygen atoms in total. The highest BCUT2D eigenvalue weighted by atomic mass is 19.1. The van der Waals surface area contributed by atoms with Gasteiger partial charge in [0.05, 0.1) is 11.4 Å². The number of aliphatic hydroxyl groups is 1. The normalized spacial score (nSPS) is 23.0. The van der Waals surface area contributed by atoms with Crippen LogP contribution in [-0.4, -0.2) is 35.9 Å². The highest BCUT2D eigenvalue weighted by Crippen LogP contribution is 2.49. The maximum Gasteiger partial charge on any atom is 0.155 e. The van der Waals surface area contributed by atoms with Gasteiger partial charge in [0.2, 0.25) is 0 Å². The van der Waals surface area contributed by atoms with Crippen LogP contribution in [0.25, 0.3) is 28.2 Å². The molecular weight excluding hydrogens is 393 g/mol. The molecule has 3 aromatic heterocycles. The highest BCUT2D eigenvalue weighted by Gasteiger charge is 2.43. The van der Waals surface area contributed by atoms with Gasteiger partial charge in [0.15, 0.2) is 5.65 Å². The van der Waals surface area contributed by atoms with Gasteiger partial charge in [-0.15, -0.1) is 0 Å². The van der Waals surface area contributed by atoms with Crippen LogP contribution in [-0.2, 0) is 13.0 Å². The quantitative estimate of drug-likeness (QED) is 0.544. The number of hydrogen-bond acceptors (Lipinski definition) is 4. The molecule has 1 N–H and O–H groups in total. The largest absolute Gasteiger partial charge is 0.396 e. The van der Waals surface area contributed by atoms with Crippen LogP contribution in [0.2, 0.25) is 0 Å². The average Bonchev–Trinajstić information content (AvgIpc) is 3.47. The molecule has 158 valence electrons. The first-order valence-electron chi connectivity index (χ1n) is 10.9. The molecule has 0 saturated heterocycles. The number of hydrogen-bond donors (Lipinski definition) is 1. The minimum atomic E-state index is -0.249. The molecule has 0 amide bonds. The van der Waals surface area contributed by atoms with E-state index in [9.17, 15) is 9.50 Å². The molecule has 1 spiro atoms. The third-order valence-corrected chi connectivity index (χ3v) is 7.16. The fraction of sp³-hybridized carbons (Fsp3) is 0.375. The first-order valence-corrected chi connectivity index (χ1v) is 10.9. The molecule has 1 aliphatic heterocycles. The third-order valence-electron chi connectivity index (χ3n) is 7.16.